The summed E-state index contributed by atoms with van der Waals surface area (Å²) in [6, 6.07) is 9.93. The molecule has 3 rings (SSSR count). The number of methoxy groups -OCH3 is 1. The minimum Gasteiger partial charge on any atom is -0.493 e. The van der Waals surface area contributed by atoms with E-state index in [0.717, 1.165) is 36.3 Å². The number of hydrogen-bond acceptors (Lipinski definition) is 4. The van der Waals surface area contributed by atoms with Gasteiger partial charge in [0.1, 0.15) is 0 Å². The molecule has 1 atom stereocenters. The van der Waals surface area contributed by atoms with Gasteiger partial charge in [0.05, 0.1) is 13.2 Å². The zero-order chi connectivity index (χ0) is 16.1. The van der Waals surface area contributed by atoms with Gasteiger partial charge < -0.3 is 15.2 Å². The van der Waals surface area contributed by atoms with Crippen LogP contribution in [0.25, 0.3) is 0 Å². The van der Waals surface area contributed by atoms with Gasteiger partial charge in [-0.05, 0) is 67.5 Å². The van der Waals surface area contributed by atoms with E-state index >= 15 is 0 Å². The predicted molar refractivity (Wildman–Crippen MR) is 90.7 cm³/mol. The van der Waals surface area contributed by atoms with Gasteiger partial charge in [0.25, 0.3) is 0 Å². The molecular weight excluding hydrogens is 288 g/mol. The van der Waals surface area contributed by atoms with Gasteiger partial charge in [0.15, 0.2) is 11.5 Å². The van der Waals surface area contributed by atoms with Crippen LogP contribution in [0.3, 0.4) is 0 Å². The highest BCUT2D eigenvalue weighted by molar-refractivity contribution is 5.44. The highest BCUT2D eigenvalue weighted by Gasteiger charge is 2.19. The van der Waals surface area contributed by atoms with E-state index in [9.17, 15) is 0 Å². The Hall–Kier alpha value is -2.07. The summed E-state index contributed by atoms with van der Waals surface area (Å²) in [4.78, 5) is 4.04. The average molecular weight is 312 g/mol. The van der Waals surface area contributed by atoms with Crippen LogP contribution in [0.2, 0.25) is 0 Å². The van der Waals surface area contributed by atoms with Crippen LogP contribution in [-0.2, 0) is 6.42 Å². The second kappa shape index (κ2) is 7.47. The Bertz CT molecular complexity index is 625. The Morgan fingerprint density at radius 1 is 1.13 bits per heavy atom. The van der Waals surface area contributed by atoms with E-state index in [1.54, 1.807) is 19.5 Å². The third-order valence-electron chi connectivity index (χ3n) is 4.42. The third kappa shape index (κ3) is 4.02. The molecule has 4 nitrogen and oxygen atoms in total. The molecule has 122 valence electrons. The predicted octanol–water partition coefficient (Wildman–Crippen LogP) is 3.65. The summed E-state index contributed by atoms with van der Waals surface area (Å²) < 4.78 is 11.6. The fourth-order valence-electron chi connectivity index (χ4n) is 3.09. The number of hydrogen-bond donors (Lipinski definition) is 1. The van der Waals surface area contributed by atoms with Gasteiger partial charge in [0, 0.05) is 18.4 Å². The first kappa shape index (κ1) is 15.8. The van der Waals surface area contributed by atoms with Crippen LogP contribution in [0.15, 0.2) is 42.7 Å². The van der Waals surface area contributed by atoms with Crippen molar-refractivity contribution in [2.45, 2.75) is 44.2 Å². The minimum absolute atomic E-state index is 0.0748. The third-order valence-corrected chi connectivity index (χ3v) is 4.42. The van der Waals surface area contributed by atoms with Crippen LogP contribution in [0, 0.1) is 0 Å². The van der Waals surface area contributed by atoms with Crippen molar-refractivity contribution in [1.82, 2.24) is 4.98 Å². The van der Waals surface area contributed by atoms with Crippen LogP contribution in [0.1, 0.15) is 42.9 Å². The summed E-state index contributed by atoms with van der Waals surface area (Å²) in [5.41, 5.74) is 8.63. The van der Waals surface area contributed by atoms with Crippen LogP contribution in [0.5, 0.6) is 11.5 Å². The first-order valence-corrected chi connectivity index (χ1v) is 8.25. The first-order valence-electron chi connectivity index (χ1n) is 8.25. The summed E-state index contributed by atoms with van der Waals surface area (Å²) in [6.07, 6.45) is 9.40. The molecule has 1 heterocycles. The van der Waals surface area contributed by atoms with Crippen LogP contribution >= 0.6 is 0 Å². The van der Waals surface area contributed by atoms with Crippen molar-refractivity contribution < 1.29 is 9.47 Å². The summed E-state index contributed by atoms with van der Waals surface area (Å²) in [5, 5.41) is 0. The molecule has 0 saturated heterocycles. The number of nitrogens with two attached hydrogens (primary N) is 1. The maximum Gasteiger partial charge on any atom is 0.161 e. The van der Waals surface area contributed by atoms with Gasteiger partial charge in [-0.2, -0.15) is 0 Å². The Morgan fingerprint density at radius 2 is 1.87 bits per heavy atom. The largest absolute Gasteiger partial charge is 0.493 e. The van der Waals surface area contributed by atoms with Gasteiger partial charge in [-0.1, -0.05) is 6.07 Å². The van der Waals surface area contributed by atoms with Crippen molar-refractivity contribution in [3.8, 4) is 11.5 Å². The molecule has 0 radical (unpaired) electrons. The molecule has 23 heavy (non-hydrogen) atoms. The molecule has 2 aromatic rings. The Balaban J connectivity index is 1.76. The molecule has 2 N–H and O–H groups in total. The fourth-order valence-corrected chi connectivity index (χ4v) is 3.09. The summed E-state index contributed by atoms with van der Waals surface area (Å²) in [7, 11) is 1.67. The quantitative estimate of drug-likeness (QED) is 0.884. The van der Waals surface area contributed by atoms with Crippen LogP contribution in [-0.4, -0.2) is 18.2 Å². The van der Waals surface area contributed by atoms with E-state index in [1.165, 1.54) is 18.4 Å². The highest BCUT2D eigenvalue weighted by Crippen LogP contribution is 2.34. The number of rotatable bonds is 6. The maximum absolute atomic E-state index is 6.38. The standard InChI is InChI=1S/C19H24N2O2/c1-22-18-7-6-15(13-19(18)23-16-4-2-3-5-16)17(20)12-14-8-10-21-11-9-14/h6-11,13,16-17H,2-5,12,20H2,1H3. The molecule has 1 fully saturated rings. The van der Waals surface area contributed by atoms with Gasteiger partial charge in [-0.3, -0.25) is 4.98 Å². The summed E-state index contributed by atoms with van der Waals surface area (Å²) in [5.74, 6) is 1.58. The molecule has 4 heteroatoms. The Labute approximate surface area is 137 Å². The minimum atomic E-state index is -0.0748. The molecule has 1 saturated carbocycles. The number of pyridine rings is 1. The lowest BCUT2D eigenvalue weighted by molar-refractivity contribution is 0.200. The second-order valence-corrected chi connectivity index (χ2v) is 6.10. The molecular formula is C19H24N2O2. The van der Waals surface area contributed by atoms with Crippen molar-refractivity contribution in [2.24, 2.45) is 5.73 Å². The van der Waals surface area contributed by atoms with Gasteiger partial charge in [-0.25, -0.2) is 0 Å². The van der Waals surface area contributed by atoms with Crippen LogP contribution in [0.4, 0.5) is 0 Å². The molecule has 0 amide bonds. The van der Waals surface area contributed by atoms with Gasteiger partial charge in [-0.15, -0.1) is 0 Å². The number of nitrogens with zero attached hydrogens (tertiary/aromatic N) is 1. The topological polar surface area (TPSA) is 57.4 Å². The van der Waals surface area contributed by atoms with Crippen molar-refractivity contribution in [3.05, 3.63) is 53.9 Å². The van der Waals surface area contributed by atoms with Gasteiger partial charge >= 0.3 is 0 Å². The molecule has 0 bridgehead atoms. The van der Waals surface area contributed by atoms with E-state index in [1.807, 2.05) is 30.3 Å². The lowest BCUT2D eigenvalue weighted by Gasteiger charge is -2.19. The highest BCUT2D eigenvalue weighted by atomic mass is 16.5. The molecule has 1 aromatic carbocycles. The monoisotopic (exact) mass is 312 g/mol. The van der Waals surface area contributed by atoms with Crippen molar-refractivity contribution in [1.29, 1.82) is 0 Å². The molecule has 1 aliphatic rings. The van der Waals surface area contributed by atoms with Crippen molar-refractivity contribution >= 4 is 0 Å². The first-order chi connectivity index (χ1) is 11.3. The normalized spacial score (nSPS) is 16.3. The zero-order valence-corrected chi connectivity index (χ0v) is 13.6. The smallest absolute Gasteiger partial charge is 0.161 e. The number of ether oxygens (including phenoxy) is 2. The van der Waals surface area contributed by atoms with Crippen LogP contribution < -0.4 is 15.2 Å². The molecule has 0 aliphatic heterocycles. The van der Waals surface area contributed by atoms with E-state index in [2.05, 4.69) is 4.98 Å². The lowest BCUT2D eigenvalue weighted by Crippen LogP contribution is -2.15. The van der Waals surface area contributed by atoms with Crippen molar-refractivity contribution in [3.63, 3.8) is 0 Å². The second-order valence-electron chi connectivity index (χ2n) is 6.10. The van der Waals surface area contributed by atoms with E-state index in [4.69, 9.17) is 15.2 Å². The Kier molecular flexibility index (Phi) is 5.13. The SMILES string of the molecule is COc1ccc(C(N)Cc2ccncc2)cc1OC1CCCC1. The maximum atomic E-state index is 6.38. The van der Waals surface area contributed by atoms with Crippen molar-refractivity contribution in [2.75, 3.05) is 7.11 Å². The number of aromatic nitrogens is 1. The van der Waals surface area contributed by atoms with Gasteiger partial charge in [0.2, 0.25) is 0 Å². The lowest BCUT2D eigenvalue weighted by atomic mass is 10.00. The van der Waals surface area contributed by atoms with E-state index < -0.39 is 0 Å². The zero-order valence-electron chi connectivity index (χ0n) is 13.6. The molecule has 0 spiro atoms. The van der Waals surface area contributed by atoms with E-state index in [0.29, 0.717) is 6.10 Å². The molecule has 1 unspecified atom stereocenters. The Morgan fingerprint density at radius 3 is 2.57 bits per heavy atom. The average Bonchev–Trinajstić information content (AvgIpc) is 3.09. The molecule has 1 aromatic heterocycles. The number of benzene rings is 1. The summed E-state index contributed by atoms with van der Waals surface area (Å²) in [6.45, 7) is 0. The summed E-state index contributed by atoms with van der Waals surface area (Å²) >= 11 is 0. The molecule has 1 aliphatic carbocycles. The van der Waals surface area contributed by atoms with E-state index in [-0.39, 0.29) is 6.04 Å². The fraction of sp³-hybridized carbons (Fsp3) is 0.421.